The van der Waals surface area contributed by atoms with E-state index in [0.29, 0.717) is 17.9 Å². The molecule has 0 atom stereocenters. The predicted octanol–water partition coefficient (Wildman–Crippen LogP) is 3.54. The van der Waals surface area contributed by atoms with Gasteiger partial charge in [-0.25, -0.2) is 5.43 Å². The number of nitro groups is 1. The lowest BCUT2D eigenvalue weighted by Crippen LogP contribution is -2.18. The summed E-state index contributed by atoms with van der Waals surface area (Å²) < 4.78 is 5.55. The number of non-ortho nitro benzene ring substituents is 1. The van der Waals surface area contributed by atoms with E-state index in [9.17, 15) is 14.9 Å². The summed E-state index contributed by atoms with van der Waals surface area (Å²) in [5.74, 6) is 0.299. The number of aromatic amines is 1. The summed E-state index contributed by atoms with van der Waals surface area (Å²) in [7, 11) is 0. The Bertz CT molecular complexity index is 1030. The van der Waals surface area contributed by atoms with Gasteiger partial charge in [-0.15, -0.1) is 0 Å². The molecule has 0 radical (unpaired) electrons. The van der Waals surface area contributed by atoms with Gasteiger partial charge in [-0.05, 0) is 36.8 Å². The fraction of sp³-hybridized carbons (Fsp3) is 0.150. The van der Waals surface area contributed by atoms with Crippen LogP contribution >= 0.6 is 0 Å². The van der Waals surface area contributed by atoms with Crippen LogP contribution < -0.4 is 10.2 Å². The van der Waals surface area contributed by atoms with Crippen LogP contribution in [-0.2, 0) is 0 Å². The Kier molecular flexibility index (Phi) is 6.31. The minimum absolute atomic E-state index is 0.0513. The predicted molar refractivity (Wildman–Crippen MR) is 108 cm³/mol. The highest BCUT2D eigenvalue weighted by molar-refractivity contribution is 5.94. The first-order valence-electron chi connectivity index (χ1n) is 8.93. The van der Waals surface area contributed by atoms with Crippen LogP contribution in [0.1, 0.15) is 29.4 Å². The number of nitro benzene ring substituents is 1. The van der Waals surface area contributed by atoms with Gasteiger partial charge in [-0.1, -0.05) is 19.1 Å². The third-order valence-electron chi connectivity index (χ3n) is 3.91. The highest BCUT2D eigenvalue weighted by Gasteiger charge is 2.11. The van der Waals surface area contributed by atoms with Crippen molar-refractivity contribution in [3.63, 3.8) is 0 Å². The zero-order valence-electron chi connectivity index (χ0n) is 15.7. The Morgan fingerprint density at radius 1 is 1.28 bits per heavy atom. The van der Waals surface area contributed by atoms with Gasteiger partial charge in [0.2, 0.25) is 0 Å². The lowest BCUT2D eigenvalue weighted by molar-refractivity contribution is -0.384. The van der Waals surface area contributed by atoms with Gasteiger partial charge in [0.1, 0.15) is 11.4 Å². The zero-order chi connectivity index (χ0) is 20.6. The number of carbonyl (C=O) groups is 1. The molecule has 3 aromatic rings. The lowest BCUT2D eigenvalue weighted by Gasteiger charge is -2.04. The molecule has 0 spiro atoms. The highest BCUT2D eigenvalue weighted by Crippen LogP contribution is 2.21. The van der Waals surface area contributed by atoms with Crippen LogP contribution in [-0.4, -0.2) is 33.8 Å². The molecule has 1 heterocycles. The maximum atomic E-state index is 12.2. The summed E-state index contributed by atoms with van der Waals surface area (Å²) in [6.45, 7) is 2.70. The van der Waals surface area contributed by atoms with Crippen molar-refractivity contribution in [2.75, 3.05) is 6.61 Å². The van der Waals surface area contributed by atoms with Crippen molar-refractivity contribution in [2.24, 2.45) is 5.10 Å². The van der Waals surface area contributed by atoms with Crippen molar-refractivity contribution in [2.45, 2.75) is 13.3 Å². The third-order valence-corrected chi connectivity index (χ3v) is 3.91. The molecule has 1 aromatic heterocycles. The van der Waals surface area contributed by atoms with Gasteiger partial charge in [0.25, 0.3) is 11.6 Å². The van der Waals surface area contributed by atoms with Crippen molar-refractivity contribution in [1.29, 1.82) is 0 Å². The molecule has 2 aromatic carbocycles. The van der Waals surface area contributed by atoms with E-state index in [1.54, 1.807) is 18.2 Å². The molecule has 2 N–H and O–H groups in total. The number of hydrogen-bond donors (Lipinski definition) is 2. The van der Waals surface area contributed by atoms with Crippen LogP contribution in [0.2, 0.25) is 0 Å². The molecule has 1 amide bonds. The maximum absolute atomic E-state index is 12.2. The number of H-pyrrole nitrogens is 1. The van der Waals surface area contributed by atoms with Crippen molar-refractivity contribution >= 4 is 17.8 Å². The Balaban J connectivity index is 1.62. The van der Waals surface area contributed by atoms with Gasteiger partial charge in [-0.3, -0.25) is 20.0 Å². The summed E-state index contributed by atoms with van der Waals surface area (Å²) >= 11 is 0. The van der Waals surface area contributed by atoms with E-state index in [1.807, 2.05) is 31.2 Å². The van der Waals surface area contributed by atoms with Gasteiger partial charge >= 0.3 is 0 Å². The molecule has 0 saturated heterocycles. The van der Waals surface area contributed by atoms with Crippen molar-refractivity contribution in [3.05, 3.63) is 76.0 Å². The van der Waals surface area contributed by atoms with Gasteiger partial charge < -0.3 is 4.74 Å². The van der Waals surface area contributed by atoms with E-state index >= 15 is 0 Å². The summed E-state index contributed by atoms with van der Waals surface area (Å²) in [6, 6.07) is 15.0. The van der Waals surface area contributed by atoms with Crippen LogP contribution in [0.4, 0.5) is 5.69 Å². The van der Waals surface area contributed by atoms with Crippen LogP contribution in [0.15, 0.2) is 59.7 Å². The molecule has 0 saturated carbocycles. The number of aromatic nitrogens is 2. The summed E-state index contributed by atoms with van der Waals surface area (Å²) in [5, 5.41) is 21.4. The fourth-order valence-electron chi connectivity index (χ4n) is 2.47. The first-order valence-corrected chi connectivity index (χ1v) is 8.93. The molecule has 0 aliphatic heterocycles. The quantitative estimate of drug-likeness (QED) is 0.344. The van der Waals surface area contributed by atoms with Crippen LogP contribution in [0, 0.1) is 10.1 Å². The van der Waals surface area contributed by atoms with E-state index in [-0.39, 0.29) is 11.4 Å². The first kappa shape index (κ1) is 19.7. The Morgan fingerprint density at radius 2 is 2.07 bits per heavy atom. The van der Waals surface area contributed by atoms with Gasteiger partial charge in [0.05, 0.1) is 23.4 Å². The number of hydrazone groups is 1. The molecular weight excluding hydrogens is 374 g/mol. The number of benzene rings is 2. The maximum Gasteiger partial charge on any atom is 0.289 e. The Morgan fingerprint density at radius 3 is 2.79 bits per heavy atom. The molecule has 0 aliphatic carbocycles. The van der Waals surface area contributed by atoms with Crippen LogP contribution in [0.25, 0.3) is 11.3 Å². The number of hydrogen-bond acceptors (Lipinski definition) is 6. The van der Waals surface area contributed by atoms with Gasteiger partial charge in [0.15, 0.2) is 0 Å². The summed E-state index contributed by atoms with van der Waals surface area (Å²) in [5.41, 5.74) is 4.49. The molecule has 148 valence electrons. The summed E-state index contributed by atoms with van der Waals surface area (Å²) in [4.78, 5) is 22.5. The molecule has 0 unspecified atom stereocenters. The highest BCUT2D eigenvalue weighted by atomic mass is 16.6. The van der Waals surface area contributed by atoms with E-state index in [1.165, 1.54) is 18.3 Å². The van der Waals surface area contributed by atoms with Gasteiger partial charge in [-0.2, -0.15) is 10.2 Å². The number of nitrogens with one attached hydrogen (secondary N) is 2. The minimum atomic E-state index is -0.496. The smallest absolute Gasteiger partial charge is 0.289 e. The molecule has 9 heteroatoms. The Labute approximate surface area is 166 Å². The molecule has 3 rings (SSSR count). The number of amides is 1. The first-order chi connectivity index (χ1) is 14.1. The molecule has 0 aliphatic rings. The fourth-order valence-corrected chi connectivity index (χ4v) is 2.47. The van der Waals surface area contributed by atoms with Crippen molar-refractivity contribution in [1.82, 2.24) is 15.6 Å². The molecular formula is C20H19N5O4. The SMILES string of the molecule is CCCOc1ccc(-c2cc(C(=O)N/N=C/c3cccc([N+](=O)[O-])c3)[nH]n2)cc1. The lowest BCUT2D eigenvalue weighted by atomic mass is 10.1. The number of ether oxygens (including phenoxy) is 1. The standard InChI is InChI=1S/C20H19N5O4/c1-2-10-29-17-8-6-15(7-9-17)18-12-19(23-22-18)20(26)24-21-13-14-4-3-5-16(11-14)25(27)28/h3-9,11-13H,2,10H2,1H3,(H,22,23)(H,24,26)/b21-13+. The van der Waals surface area contributed by atoms with E-state index in [4.69, 9.17) is 4.74 Å². The molecule has 0 bridgehead atoms. The topological polar surface area (TPSA) is 123 Å². The number of carbonyl (C=O) groups excluding carboxylic acids is 1. The third kappa shape index (κ3) is 5.25. The van der Waals surface area contributed by atoms with E-state index in [2.05, 4.69) is 20.7 Å². The monoisotopic (exact) mass is 393 g/mol. The average molecular weight is 393 g/mol. The largest absolute Gasteiger partial charge is 0.494 e. The Hall–Kier alpha value is -4.01. The second-order valence-corrected chi connectivity index (χ2v) is 6.09. The molecule has 29 heavy (non-hydrogen) atoms. The van der Waals surface area contributed by atoms with Crippen molar-refractivity contribution in [3.8, 4) is 17.0 Å². The second-order valence-electron chi connectivity index (χ2n) is 6.09. The van der Waals surface area contributed by atoms with E-state index in [0.717, 1.165) is 17.7 Å². The zero-order valence-corrected chi connectivity index (χ0v) is 15.7. The van der Waals surface area contributed by atoms with Gasteiger partial charge in [0, 0.05) is 23.3 Å². The van der Waals surface area contributed by atoms with Crippen molar-refractivity contribution < 1.29 is 14.5 Å². The average Bonchev–Trinajstić information content (AvgIpc) is 3.23. The second kappa shape index (κ2) is 9.27. The normalized spacial score (nSPS) is 10.8. The van der Waals surface area contributed by atoms with E-state index < -0.39 is 10.8 Å². The molecule has 0 fully saturated rings. The van der Waals surface area contributed by atoms with Crippen LogP contribution in [0.5, 0.6) is 5.75 Å². The minimum Gasteiger partial charge on any atom is -0.494 e. The number of rotatable bonds is 8. The molecule has 9 nitrogen and oxygen atoms in total. The van der Waals surface area contributed by atoms with Crippen LogP contribution in [0.3, 0.4) is 0 Å². The number of nitrogens with zero attached hydrogens (tertiary/aromatic N) is 3. The summed E-state index contributed by atoms with van der Waals surface area (Å²) in [6.07, 6.45) is 2.26.